The summed E-state index contributed by atoms with van der Waals surface area (Å²) in [4.78, 5) is 0. The van der Waals surface area contributed by atoms with E-state index >= 15 is 0 Å². The third-order valence-electron chi connectivity index (χ3n) is 3.30. The topological polar surface area (TPSA) is 46.2 Å². The number of aliphatic hydroxyl groups excluding tert-OH is 1. The maximum atomic E-state index is 10.7. The van der Waals surface area contributed by atoms with Gasteiger partial charge in [0, 0.05) is 32.5 Å². The van der Waals surface area contributed by atoms with Gasteiger partial charge in [-0.2, -0.15) is 0 Å². The number of nitrogens with two attached hydrogens (primary N) is 1. The van der Waals surface area contributed by atoms with E-state index in [2.05, 4.69) is 15.9 Å². The van der Waals surface area contributed by atoms with Gasteiger partial charge in [0.05, 0.1) is 11.1 Å². The minimum atomic E-state index is -0.862. The average Bonchev–Trinajstić information content (AvgIpc) is 2.44. The molecule has 2 aromatic carbocycles. The quantitative estimate of drug-likeness (QED) is 0.730. The Morgan fingerprint density at radius 3 is 2.43 bits per heavy atom. The Morgan fingerprint density at radius 2 is 1.81 bits per heavy atom. The summed E-state index contributed by atoms with van der Waals surface area (Å²) in [6, 6.07) is 10.5. The Hall–Kier alpha value is -0.290. The summed E-state index contributed by atoms with van der Waals surface area (Å²) in [5.41, 5.74) is 7.18. The second kappa shape index (κ2) is 7.32. The molecule has 0 fully saturated rings. The van der Waals surface area contributed by atoms with Crippen molar-refractivity contribution >= 4 is 50.7 Å². The van der Waals surface area contributed by atoms with Gasteiger partial charge < -0.3 is 10.8 Å². The zero-order chi connectivity index (χ0) is 15.6. The van der Waals surface area contributed by atoms with Gasteiger partial charge in [0.1, 0.15) is 0 Å². The van der Waals surface area contributed by atoms with E-state index in [4.69, 9.17) is 40.5 Å². The molecule has 0 radical (unpaired) electrons. The molecule has 0 saturated heterocycles. The first-order chi connectivity index (χ1) is 9.95. The molecule has 2 atom stereocenters. The third kappa shape index (κ3) is 3.73. The van der Waals surface area contributed by atoms with Crippen LogP contribution in [0.4, 0.5) is 0 Å². The largest absolute Gasteiger partial charge is 0.388 e. The van der Waals surface area contributed by atoms with Crippen molar-refractivity contribution in [1.82, 2.24) is 0 Å². The Bertz CT molecular complexity index is 651. The van der Waals surface area contributed by atoms with Crippen LogP contribution in [-0.2, 0) is 0 Å². The van der Waals surface area contributed by atoms with Gasteiger partial charge in [0.25, 0.3) is 0 Å². The zero-order valence-corrected chi connectivity index (χ0v) is 14.7. The molecule has 2 nitrogen and oxygen atoms in total. The van der Waals surface area contributed by atoms with Gasteiger partial charge in [-0.25, -0.2) is 0 Å². The fourth-order valence-corrected chi connectivity index (χ4v) is 3.36. The Labute approximate surface area is 146 Å². The van der Waals surface area contributed by atoms with Crippen LogP contribution in [0.2, 0.25) is 15.1 Å². The highest BCUT2D eigenvalue weighted by Gasteiger charge is 2.25. The summed E-state index contributed by atoms with van der Waals surface area (Å²) >= 11 is 21.7. The summed E-state index contributed by atoms with van der Waals surface area (Å²) in [5, 5.41) is 12.1. The summed E-state index contributed by atoms with van der Waals surface area (Å²) in [6.45, 7) is 0.228. The van der Waals surface area contributed by atoms with Crippen molar-refractivity contribution in [2.75, 3.05) is 6.54 Å². The Morgan fingerprint density at radius 1 is 1.10 bits per heavy atom. The molecule has 0 aliphatic rings. The number of benzene rings is 2. The molecular weight excluding hydrogens is 396 g/mol. The summed E-state index contributed by atoms with van der Waals surface area (Å²) in [7, 11) is 0. The third-order valence-corrected chi connectivity index (χ3v) is 5.17. The molecule has 0 spiro atoms. The number of rotatable bonds is 4. The average molecular weight is 410 g/mol. The standard InChI is InChI=1S/C15H13BrCl3NO/c16-12-3-1-2-10(14(12)19)15(21)11(7-20)9-5-4-8(17)6-13(9)18/h1-6,11,15,21H,7,20H2. The van der Waals surface area contributed by atoms with Crippen LogP contribution in [0.5, 0.6) is 0 Å². The van der Waals surface area contributed by atoms with Crippen molar-refractivity contribution < 1.29 is 5.11 Å². The van der Waals surface area contributed by atoms with E-state index in [9.17, 15) is 5.11 Å². The van der Waals surface area contributed by atoms with Crippen molar-refractivity contribution in [2.45, 2.75) is 12.0 Å². The van der Waals surface area contributed by atoms with E-state index in [0.29, 0.717) is 20.6 Å². The maximum Gasteiger partial charge on any atom is 0.0885 e. The molecule has 3 N–H and O–H groups in total. The van der Waals surface area contributed by atoms with Crippen LogP contribution < -0.4 is 5.73 Å². The fraction of sp³-hybridized carbons (Fsp3) is 0.200. The number of halogens is 4. The van der Waals surface area contributed by atoms with Gasteiger partial charge in [-0.15, -0.1) is 0 Å². The van der Waals surface area contributed by atoms with E-state index in [1.54, 1.807) is 24.3 Å². The molecule has 0 heterocycles. The van der Waals surface area contributed by atoms with Crippen molar-refractivity contribution in [1.29, 1.82) is 0 Å². The molecule has 0 saturated carbocycles. The van der Waals surface area contributed by atoms with Gasteiger partial charge in [-0.05, 0) is 39.7 Å². The molecule has 0 bridgehead atoms. The van der Waals surface area contributed by atoms with Crippen LogP contribution in [0.3, 0.4) is 0 Å². The lowest BCUT2D eigenvalue weighted by atomic mass is 9.89. The zero-order valence-electron chi connectivity index (χ0n) is 10.9. The van der Waals surface area contributed by atoms with Crippen molar-refractivity contribution in [3.8, 4) is 0 Å². The highest BCUT2D eigenvalue weighted by Crippen LogP contribution is 2.39. The first kappa shape index (κ1) is 17.1. The van der Waals surface area contributed by atoms with Gasteiger partial charge in [-0.1, -0.05) is 53.0 Å². The van der Waals surface area contributed by atoms with Crippen molar-refractivity contribution in [3.05, 3.63) is 67.1 Å². The first-order valence-corrected chi connectivity index (χ1v) is 8.15. The Kier molecular flexibility index (Phi) is 5.95. The lowest BCUT2D eigenvalue weighted by molar-refractivity contribution is 0.147. The Balaban J connectivity index is 2.43. The van der Waals surface area contributed by atoms with E-state index in [1.807, 2.05) is 12.1 Å². The van der Waals surface area contributed by atoms with Crippen LogP contribution >= 0.6 is 50.7 Å². The van der Waals surface area contributed by atoms with Crippen molar-refractivity contribution in [2.24, 2.45) is 5.73 Å². The van der Waals surface area contributed by atoms with Crippen LogP contribution in [0, 0.1) is 0 Å². The first-order valence-electron chi connectivity index (χ1n) is 6.22. The van der Waals surface area contributed by atoms with Crippen LogP contribution in [0.15, 0.2) is 40.9 Å². The lowest BCUT2D eigenvalue weighted by Gasteiger charge is -2.24. The maximum absolute atomic E-state index is 10.7. The van der Waals surface area contributed by atoms with Gasteiger partial charge in [0.15, 0.2) is 0 Å². The van der Waals surface area contributed by atoms with Gasteiger partial charge in [0.2, 0.25) is 0 Å². The van der Waals surface area contributed by atoms with Crippen LogP contribution in [0.25, 0.3) is 0 Å². The van der Waals surface area contributed by atoms with Gasteiger partial charge >= 0.3 is 0 Å². The molecule has 2 rings (SSSR count). The molecule has 6 heteroatoms. The normalized spacial score (nSPS) is 14.0. The second-order valence-electron chi connectivity index (χ2n) is 4.60. The molecule has 112 valence electrons. The molecule has 0 amide bonds. The molecule has 2 unspecified atom stereocenters. The van der Waals surface area contributed by atoms with Crippen LogP contribution in [0.1, 0.15) is 23.1 Å². The molecule has 21 heavy (non-hydrogen) atoms. The summed E-state index contributed by atoms with van der Waals surface area (Å²) in [6.07, 6.45) is -0.862. The fourth-order valence-electron chi connectivity index (χ4n) is 2.19. The summed E-state index contributed by atoms with van der Waals surface area (Å²) < 4.78 is 0.721. The monoisotopic (exact) mass is 407 g/mol. The predicted molar refractivity (Wildman–Crippen MR) is 92.4 cm³/mol. The highest BCUT2D eigenvalue weighted by molar-refractivity contribution is 9.10. The summed E-state index contributed by atoms with van der Waals surface area (Å²) in [5.74, 6) is -0.374. The second-order valence-corrected chi connectivity index (χ2v) is 6.67. The van der Waals surface area contributed by atoms with E-state index < -0.39 is 6.10 Å². The van der Waals surface area contributed by atoms with Gasteiger partial charge in [-0.3, -0.25) is 0 Å². The lowest BCUT2D eigenvalue weighted by Crippen LogP contribution is -2.21. The van der Waals surface area contributed by atoms with E-state index in [-0.39, 0.29) is 12.5 Å². The van der Waals surface area contributed by atoms with Crippen LogP contribution in [-0.4, -0.2) is 11.7 Å². The smallest absolute Gasteiger partial charge is 0.0885 e. The number of hydrogen-bond acceptors (Lipinski definition) is 2. The number of hydrogen-bond donors (Lipinski definition) is 2. The molecule has 0 aromatic heterocycles. The minimum Gasteiger partial charge on any atom is -0.388 e. The molecule has 2 aromatic rings. The molecule has 0 aliphatic heterocycles. The van der Waals surface area contributed by atoms with E-state index in [0.717, 1.165) is 10.0 Å². The van der Waals surface area contributed by atoms with Crippen molar-refractivity contribution in [3.63, 3.8) is 0 Å². The molecular formula is C15H13BrCl3NO. The minimum absolute atomic E-state index is 0.228. The predicted octanol–water partition coefficient (Wildman–Crippen LogP) is 5.19. The SMILES string of the molecule is NCC(c1ccc(Cl)cc1Cl)C(O)c1cccc(Br)c1Cl. The highest BCUT2D eigenvalue weighted by atomic mass is 79.9. The molecule has 0 aliphatic carbocycles. The number of aliphatic hydroxyl groups is 1. The van der Waals surface area contributed by atoms with E-state index in [1.165, 1.54) is 0 Å².